The third-order valence-electron chi connectivity index (χ3n) is 3.56. The van der Waals surface area contributed by atoms with E-state index in [2.05, 4.69) is 25.2 Å². The number of pyridine rings is 1. The van der Waals surface area contributed by atoms with Crippen molar-refractivity contribution >= 4 is 16.6 Å². The van der Waals surface area contributed by atoms with Crippen LogP contribution < -0.4 is 14.8 Å². The van der Waals surface area contributed by atoms with Gasteiger partial charge in [0.25, 0.3) is 0 Å². The molecule has 106 valence electrons. The average Bonchev–Trinajstić information content (AvgIpc) is 2.68. The van der Waals surface area contributed by atoms with Crippen LogP contribution in [0.4, 0.5) is 5.69 Å². The van der Waals surface area contributed by atoms with E-state index >= 15 is 0 Å². The molecule has 3 rings (SSSR count). The van der Waals surface area contributed by atoms with Crippen LogP contribution in [0, 0.1) is 0 Å². The van der Waals surface area contributed by atoms with Crippen LogP contribution in [-0.4, -0.2) is 25.2 Å². The van der Waals surface area contributed by atoms with E-state index in [0.29, 0.717) is 19.1 Å². The number of anilines is 1. The van der Waals surface area contributed by atoms with Crippen LogP contribution in [0.1, 0.15) is 31.9 Å². The van der Waals surface area contributed by atoms with Crippen molar-refractivity contribution in [2.75, 3.05) is 25.6 Å². The van der Waals surface area contributed by atoms with Gasteiger partial charge in [0.15, 0.2) is 11.5 Å². The molecular weight excluding hydrogens is 252 g/mol. The lowest BCUT2D eigenvalue weighted by Crippen LogP contribution is -1.99. The quantitative estimate of drug-likeness (QED) is 0.907. The molecule has 0 amide bonds. The van der Waals surface area contributed by atoms with Gasteiger partial charge in [0.2, 0.25) is 0 Å². The molecule has 0 saturated heterocycles. The van der Waals surface area contributed by atoms with Gasteiger partial charge in [0.1, 0.15) is 0 Å². The molecule has 0 saturated carbocycles. The third kappa shape index (κ3) is 2.26. The Labute approximate surface area is 119 Å². The minimum atomic E-state index is 0.391. The number of nitrogens with zero attached hydrogens (tertiary/aromatic N) is 1. The summed E-state index contributed by atoms with van der Waals surface area (Å²) in [5.41, 5.74) is 3.11. The molecule has 0 atom stereocenters. The Kier molecular flexibility index (Phi) is 3.38. The monoisotopic (exact) mass is 272 g/mol. The highest BCUT2D eigenvalue weighted by atomic mass is 16.5. The lowest BCUT2D eigenvalue weighted by Gasteiger charge is -2.14. The van der Waals surface area contributed by atoms with Crippen molar-refractivity contribution in [3.8, 4) is 11.5 Å². The predicted octanol–water partition coefficient (Wildman–Crippen LogP) is 3.56. The molecule has 4 heteroatoms. The number of benzene rings is 1. The minimum Gasteiger partial charge on any atom is -0.490 e. The molecule has 0 spiro atoms. The van der Waals surface area contributed by atoms with Gasteiger partial charge in [-0.25, -0.2) is 0 Å². The second kappa shape index (κ2) is 5.19. The van der Waals surface area contributed by atoms with Crippen molar-refractivity contribution in [2.24, 2.45) is 0 Å². The molecule has 0 aliphatic carbocycles. The fourth-order valence-corrected chi connectivity index (χ4v) is 2.41. The fraction of sp³-hybridized carbons (Fsp3) is 0.438. The lowest BCUT2D eigenvalue weighted by atomic mass is 10.1. The summed E-state index contributed by atoms with van der Waals surface area (Å²) in [6.45, 7) is 5.69. The largest absolute Gasteiger partial charge is 0.490 e. The molecule has 0 bridgehead atoms. The zero-order valence-corrected chi connectivity index (χ0v) is 12.2. The molecule has 1 aromatic carbocycles. The van der Waals surface area contributed by atoms with Gasteiger partial charge in [0, 0.05) is 36.3 Å². The van der Waals surface area contributed by atoms with E-state index in [9.17, 15) is 0 Å². The third-order valence-corrected chi connectivity index (χ3v) is 3.56. The van der Waals surface area contributed by atoms with Gasteiger partial charge in [-0.15, -0.1) is 0 Å². The number of hydrogen-bond acceptors (Lipinski definition) is 4. The first-order valence-electron chi connectivity index (χ1n) is 7.11. The zero-order chi connectivity index (χ0) is 14.1. The highest BCUT2D eigenvalue weighted by Gasteiger charge is 2.15. The summed E-state index contributed by atoms with van der Waals surface area (Å²) in [7, 11) is 1.93. The van der Waals surface area contributed by atoms with Gasteiger partial charge in [-0.2, -0.15) is 0 Å². The minimum absolute atomic E-state index is 0.391. The van der Waals surface area contributed by atoms with E-state index < -0.39 is 0 Å². The van der Waals surface area contributed by atoms with Crippen LogP contribution in [0.3, 0.4) is 0 Å². The molecular formula is C16H20N2O2. The number of hydrogen-bond donors (Lipinski definition) is 1. The van der Waals surface area contributed by atoms with Gasteiger partial charge in [-0.3, -0.25) is 4.98 Å². The van der Waals surface area contributed by atoms with E-state index in [4.69, 9.17) is 14.5 Å². The van der Waals surface area contributed by atoms with E-state index in [-0.39, 0.29) is 0 Å². The number of rotatable bonds is 2. The molecule has 0 radical (unpaired) electrons. The van der Waals surface area contributed by atoms with E-state index in [1.807, 2.05) is 19.2 Å². The van der Waals surface area contributed by atoms with Crippen LogP contribution >= 0.6 is 0 Å². The lowest BCUT2D eigenvalue weighted by molar-refractivity contribution is 0.297. The Morgan fingerprint density at radius 1 is 1.10 bits per heavy atom. The van der Waals surface area contributed by atoms with Crippen LogP contribution in [0.25, 0.3) is 10.9 Å². The number of ether oxygens (including phenoxy) is 2. The summed E-state index contributed by atoms with van der Waals surface area (Å²) in [5.74, 6) is 2.00. The van der Waals surface area contributed by atoms with Crippen LogP contribution in [0.5, 0.6) is 11.5 Å². The molecule has 2 heterocycles. The smallest absolute Gasteiger partial charge is 0.163 e. The summed E-state index contributed by atoms with van der Waals surface area (Å²) >= 11 is 0. The summed E-state index contributed by atoms with van der Waals surface area (Å²) in [6, 6.07) is 6.12. The van der Waals surface area contributed by atoms with Gasteiger partial charge in [-0.1, -0.05) is 13.8 Å². The zero-order valence-electron chi connectivity index (χ0n) is 12.2. The van der Waals surface area contributed by atoms with Crippen molar-refractivity contribution in [1.82, 2.24) is 4.98 Å². The molecule has 0 fully saturated rings. The summed E-state index contributed by atoms with van der Waals surface area (Å²) in [5, 5.41) is 4.32. The maximum absolute atomic E-state index is 5.75. The Morgan fingerprint density at radius 3 is 2.45 bits per heavy atom. The SMILES string of the molecule is CNc1cc(C(C)C)nc2cc3c(cc12)OCCCO3. The Morgan fingerprint density at radius 2 is 1.80 bits per heavy atom. The standard InChI is InChI=1S/C16H20N2O2/c1-10(2)12-8-13(17-3)11-7-15-16(9-14(11)18-12)20-6-4-5-19-15/h7-10H,4-6H2,1-3H3,(H,17,18). The van der Waals surface area contributed by atoms with Crippen LogP contribution in [0.2, 0.25) is 0 Å². The van der Waals surface area contributed by atoms with Gasteiger partial charge >= 0.3 is 0 Å². The van der Waals surface area contributed by atoms with E-state index in [1.54, 1.807) is 0 Å². The predicted molar refractivity (Wildman–Crippen MR) is 81.0 cm³/mol. The summed E-state index contributed by atoms with van der Waals surface area (Å²) < 4.78 is 11.5. The number of fused-ring (bicyclic) bond motifs is 2. The summed E-state index contributed by atoms with van der Waals surface area (Å²) in [6.07, 6.45) is 0.911. The number of nitrogens with one attached hydrogen (secondary N) is 1. The highest BCUT2D eigenvalue weighted by Crippen LogP contribution is 2.37. The van der Waals surface area contributed by atoms with Crippen molar-refractivity contribution in [3.63, 3.8) is 0 Å². The second-order valence-electron chi connectivity index (χ2n) is 5.37. The summed E-state index contributed by atoms with van der Waals surface area (Å²) in [4.78, 5) is 4.75. The molecule has 20 heavy (non-hydrogen) atoms. The van der Waals surface area contributed by atoms with Crippen molar-refractivity contribution in [3.05, 3.63) is 23.9 Å². The van der Waals surface area contributed by atoms with Gasteiger partial charge < -0.3 is 14.8 Å². The molecule has 4 nitrogen and oxygen atoms in total. The molecule has 1 N–H and O–H groups in total. The van der Waals surface area contributed by atoms with Gasteiger partial charge in [0.05, 0.1) is 18.7 Å². The average molecular weight is 272 g/mol. The first-order chi connectivity index (χ1) is 9.69. The van der Waals surface area contributed by atoms with Crippen molar-refractivity contribution in [1.29, 1.82) is 0 Å². The fourth-order valence-electron chi connectivity index (χ4n) is 2.41. The highest BCUT2D eigenvalue weighted by molar-refractivity contribution is 5.94. The van der Waals surface area contributed by atoms with Crippen molar-refractivity contribution in [2.45, 2.75) is 26.2 Å². The first kappa shape index (κ1) is 13.0. The molecule has 1 aliphatic heterocycles. The molecule has 2 aromatic rings. The molecule has 1 aromatic heterocycles. The van der Waals surface area contributed by atoms with E-state index in [0.717, 1.165) is 40.2 Å². The second-order valence-corrected chi connectivity index (χ2v) is 5.37. The normalized spacial score (nSPS) is 14.4. The molecule has 0 unspecified atom stereocenters. The molecule has 1 aliphatic rings. The number of aromatic nitrogens is 1. The van der Waals surface area contributed by atoms with E-state index in [1.165, 1.54) is 0 Å². The van der Waals surface area contributed by atoms with Crippen LogP contribution in [-0.2, 0) is 0 Å². The van der Waals surface area contributed by atoms with Crippen LogP contribution in [0.15, 0.2) is 18.2 Å². The maximum atomic E-state index is 5.75. The maximum Gasteiger partial charge on any atom is 0.163 e. The Hall–Kier alpha value is -1.97. The van der Waals surface area contributed by atoms with Gasteiger partial charge in [-0.05, 0) is 18.1 Å². The Bertz CT molecular complexity index is 638. The van der Waals surface area contributed by atoms with Crippen molar-refractivity contribution < 1.29 is 9.47 Å². The first-order valence-corrected chi connectivity index (χ1v) is 7.11. The topological polar surface area (TPSA) is 43.4 Å². The Balaban J connectivity index is 2.22.